The summed E-state index contributed by atoms with van der Waals surface area (Å²) in [6.45, 7) is 0. The zero-order chi connectivity index (χ0) is 19.3. The van der Waals surface area contributed by atoms with Crippen LogP contribution in [0.2, 0.25) is 0 Å². The molecule has 2 heterocycles. The minimum absolute atomic E-state index is 0.00991. The lowest BCUT2D eigenvalue weighted by atomic mass is 10.1. The van der Waals surface area contributed by atoms with Crippen LogP contribution in [0.3, 0.4) is 0 Å². The number of ketones is 1. The first-order valence-electron chi connectivity index (χ1n) is 8.76. The number of H-pyrrole nitrogens is 1. The van der Waals surface area contributed by atoms with E-state index in [1.807, 2.05) is 48.5 Å². The molecule has 0 saturated heterocycles. The predicted molar refractivity (Wildman–Crippen MR) is 112 cm³/mol. The number of aromatic nitrogens is 4. The van der Waals surface area contributed by atoms with Crippen LogP contribution in [0.4, 0.5) is 0 Å². The van der Waals surface area contributed by atoms with E-state index in [4.69, 9.17) is 23.2 Å². The molecule has 0 bridgehead atoms. The highest BCUT2D eigenvalue weighted by Gasteiger charge is 2.52. The van der Waals surface area contributed by atoms with Gasteiger partial charge in [0.25, 0.3) is 0 Å². The molecule has 0 amide bonds. The maximum Gasteiger partial charge on any atom is 0.211 e. The van der Waals surface area contributed by atoms with E-state index < -0.39 is 4.33 Å². The molecule has 1 unspecified atom stereocenters. The number of rotatable bonds is 5. The van der Waals surface area contributed by atoms with Gasteiger partial charge in [-0.25, -0.2) is 4.98 Å². The molecule has 1 N–H and O–H groups in total. The maximum absolute atomic E-state index is 12.5. The van der Waals surface area contributed by atoms with Crippen molar-refractivity contribution < 1.29 is 4.79 Å². The number of benzene rings is 2. The molecular weight excluding hydrogens is 415 g/mol. The number of fused-ring (bicyclic) bond motifs is 3. The minimum Gasteiger partial charge on any atom is -0.338 e. The Morgan fingerprint density at radius 3 is 2.64 bits per heavy atom. The summed E-state index contributed by atoms with van der Waals surface area (Å²) < 4.78 is -0.660. The molecule has 1 aliphatic carbocycles. The number of hydrogen-bond donors (Lipinski definition) is 1. The Morgan fingerprint density at radius 2 is 1.89 bits per heavy atom. The number of nitrogens with zero attached hydrogens (tertiary/aromatic N) is 3. The van der Waals surface area contributed by atoms with Crippen LogP contribution in [0.25, 0.3) is 22.1 Å². The van der Waals surface area contributed by atoms with Crippen molar-refractivity contribution in [2.75, 3.05) is 5.75 Å². The lowest BCUT2D eigenvalue weighted by Gasteiger charge is -2.04. The van der Waals surface area contributed by atoms with Gasteiger partial charge in [0.15, 0.2) is 11.4 Å². The van der Waals surface area contributed by atoms with Gasteiger partial charge >= 0.3 is 0 Å². The van der Waals surface area contributed by atoms with Gasteiger partial charge in [0.1, 0.15) is 9.85 Å². The van der Waals surface area contributed by atoms with Gasteiger partial charge < -0.3 is 4.98 Å². The van der Waals surface area contributed by atoms with Crippen LogP contribution in [0.15, 0.2) is 53.7 Å². The third-order valence-electron chi connectivity index (χ3n) is 4.90. The third kappa shape index (κ3) is 3.26. The van der Waals surface area contributed by atoms with E-state index in [0.29, 0.717) is 16.4 Å². The number of halogens is 2. The molecule has 2 aromatic heterocycles. The average molecular weight is 429 g/mol. The van der Waals surface area contributed by atoms with Crippen molar-refractivity contribution in [1.29, 1.82) is 0 Å². The first-order chi connectivity index (χ1) is 13.5. The topological polar surface area (TPSA) is 71.5 Å². The Bertz CT molecular complexity index is 1210. The van der Waals surface area contributed by atoms with Crippen LogP contribution < -0.4 is 0 Å². The highest BCUT2D eigenvalue weighted by molar-refractivity contribution is 7.99. The van der Waals surface area contributed by atoms with Crippen molar-refractivity contribution in [2.24, 2.45) is 0 Å². The molecule has 0 radical (unpaired) electrons. The molecule has 0 aliphatic heterocycles. The van der Waals surface area contributed by atoms with E-state index in [1.54, 1.807) is 0 Å². The zero-order valence-corrected chi connectivity index (χ0v) is 16.9. The average Bonchev–Trinajstić information content (AvgIpc) is 3.19. The van der Waals surface area contributed by atoms with Crippen LogP contribution in [-0.4, -0.2) is 36.0 Å². The Balaban J connectivity index is 1.29. The van der Waals surface area contributed by atoms with Crippen LogP contribution in [0, 0.1) is 0 Å². The maximum atomic E-state index is 12.5. The van der Waals surface area contributed by atoms with Crippen LogP contribution in [0.1, 0.15) is 28.3 Å². The van der Waals surface area contributed by atoms with Gasteiger partial charge in [0.05, 0.1) is 5.75 Å². The van der Waals surface area contributed by atoms with Crippen molar-refractivity contribution in [3.63, 3.8) is 0 Å². The summed E-state index contributed by atoms with van der Waals surface area (Å²) in [5.74, 6) is 0.401. The monoisotopic (exact) mass is 428 g/mol. The summed E-state index contributed by atoms with van der Waals surface area (Å²) in [4.78, 5) is 20.2. The minimum atomic E-state index is -0.660. The van der Waals surface area contributed by atoms with Gasteiger partial charge in [-0.3, -0.25) is 4.79 Å². The number of hydrogen-bond acceptors (Lipinski definition) is 5. The number of alkyl halides is 2. The summed E-state index contributed by atoms with van der Waals surface area (Å²) in [6.07, 6.45) is 0.750. The van der Waals surface area contributed by atoms with Crippen LogP contribution >= 0.6 is 35.0 Å². The van der Waals surface area contributed by atoms with Crippen LogP contribution in [0.5, 0.6) is 0 Å². The third-order valence-corrected chi connectivity index (χ3v) is 6.57. The molecule has 140 valence electrons. The van der Waals surface area contributed by atoms with Crippen molar-refractivity contribution in [3.05, 3.63) is 59.7 Å². The van der Waals surface area contributed by atoms with Gasteiger partial charge in [-0.05, 0) is 18.1 Å². The standard InChI is InChI=1S/C20H14Cl2N4OS/c21-20(22)9-14(20)11-5-7-12(8-6-11)16(27)10-28-19-24-18-17(25-26-19)13-3-1-2-4-15(13)23-18/h1-8,14H,9-10H2,(H,23,24,26). The molecule has 1 atom stereocenters. The summed E-state index contributed by atoms with van der Waals surface area (Å²) in [7, 11) is 0. The molecule has 5 nitrogen and oxygen atoms in total. The van der Waals surface area contributed by atoms with E-state index in [-0.39, 0.29) is 17.5 Å². The Kier molecular flexibility index (Phi) is 4.30. The smallest absolute Gasteiger partial charge is 0.211 e. The van der Waals surface area contributed by atoms with Gasteiger partial charge in [0.2, 0.25) is 5.16 Å². The fraction of sp³-hybridized carbons (Fsp3) is 0.200. The highest BCUT2D eigenvalue weighted by Crippen LogP contribution is 2.59. The zero-order valence-electron chi connectivity index (χ0n) is 14.5. The molecule has 1 aliphatic rings. The number of aromatic amines is 1. The fourth-order valence-corrected chi connectivity index (χ4v) is 4.50. The second-order valence-corrected chi connectivity index (χ2v) is 9.30. The molecule has 4 aromatic rings. The molecule has 8 heteroatoms. The van der Waals surface area contributed by atoms with Gasteiger partial charge in [-0.15, -0.1) is 33.4 Å². The number of Topliss-reactive ketones (excluding diaryl/α,β-unsaturated/α-hetero) is 1. The summed E-state index contributed by atoms with van der Waals surface area (Å²) in [6, 6.07) is 15.3. The van der Waals surface area contributed by atoms with Gasteiger partial charge in [-0.1, -0.05) is 54.2 Å². The van der Waals surface area contributed by atoms with Crippen LogP contribution in [-0.2, 0) is 0 Å². The normalized spacial score (nSPS) is 17.9. The van der Waals surface area contributed by atoms with E-state index in [2.05, 4.69) is 20.2 Å². The highest BCUT2D eigenvalue weighted by atomic mass is 35.5. The van der Waals surface area contributed by atoms with Crippen molar-refractivity contribution >= 4 is 62.8 Å². The van der Waals surface area contributed by atoms with Crippen molar-refractivity contribution in [3.8, 4) is 0 Å². The number of para-hydroxylation sites is 1. The fourth-order valence-electron chi connectivity index (χ4n) is 3.26. The number of carbonyl (C=O) groups is 1. The molecule has 28 heavy (non-hydrogen) atoms. The second-order valence-electron chi connectivity index (χ2n) is 6.81. The van der Waals surface area contributed by atoms with E-state index in [0.717, 1.165) is 28.4 Å². The number of thioether (sulfide) groups is 1. The van der Waals surface area contributed by atoms with E-state index in [1.165, 1.54) is 11.8 Å². The Morgan fingerprint density at radius 1 is 1.14 bits per heavy atom. The van der Waals surface area contributed by atoms with Crippen molar-refractivity contribution in [1.82, 2.24) is 20.2 Å². The molecule has 2 aromatic carbocycles. The Hall–Kier alpha value is -2.15. The molecular formula is C20H14Cl2N4OS. The quantitative estimate of drug-likeness (QED) is 0.270. The first-order valence-corrected chi connectivity index (χ1v) is 10.5. The SMILES string of the molecule is O=C(CSc1nnc2c(n1)[nH]c1ccccc12)c1ccc(C2CC2(Cl)Cl)cc1. The summed E-state index contributed by atoms with van der Waals surface area (Å²) in [5, 5.41) is 9.88. The molecule has 1 fully saturated rings. The van der Waals surface area contributed by atoms with Crippen molar-refractivity contribution in [2.45, 2.75) is 21.8 Å². The summed E-state index contributed by atoms with van der Waals surface area (Å²) in [5.41, 5.74) is 4.07. The number of nitrogens with one attached hydrogen (secondary N) is 1. The lowest BCUT2D eigenvalue weighted by Crippen LogP contribution is -2.04. The van der Waals surface area contributed by atoms with Gasteiger partial charge in [0, 0.05) is 22.4 Å². The Labute approximate surface area is 174 Å². The summed E-state index contributed by atoms with van der Waals surface area (Å²) >= 11 is 13.5. The molecule has 1 saturated carbocycles. The largest absolute Gasteiger partial charge is 0.338 e. The predicted octanol–water partition coefficient (Wildman–Crippen LogP) is 5.14. The number of carbonyl (C=O) groups excluding carboxylic acids is 1. The molecule has 0 spiro atoms. The lowest BCUT2D eigenvalue weighted by molar-refractivity contribution is 0.102. The van der Waals surface area contributed by atoms with Gasteiger partial charge in [-0.2, -0.15) is 0 Å². The molecule has 5 rings (SSSR count). The van der Waals surface area contributed by atoms with E-state index in [9.17, 15) is 4.79 Å². The second kappa shape index (κ2) is 6.72. The first kappa shape index (κ1) is 17.9. The van der Waals surface area contributed by atoms with E-state index >= 15 is 0 Å².